The molecule has 0 radical (unpaired) electrons. The molecule has 0 saturated carbocycles. The van der Waals surface area contributed by atoms with Gasteiger partial charge in [-0.05, 0) is 36.8 Å². The number of carbonyl (C=O) groups is 1. The Bertz CT molecular complexity index is 387. The van der Waals surface area contributed by atoms with E-state index in [1.807, 2.05) is 19.1 Å². The van der Waals surface area contributed by atoms with Crippen molar-refractivity contribution >= 4 is 23.2 Å². The highest BCUT2D eigenvalue weighted by atomic mass is 32.2. The molecule has 1 aliphatic rings. The minimum Gasteiger partial charge on any atom is -0.399 e. The summed E-state index contributed by atoms with van der Waals surface area (Å²) in [5.74, 6) is 1.27. The number of Topliss-reactive ketones (excluding diaryl/α,β-unsaturated/α-hetero) is 1. The maximum absolute atomic E-state index is 11.7. The number of benzene rings is 1. The van der Waals surface area contributed by atoms with Crippen LogP contribution in [0.3, 0.4) is 0 Å². The van der Waals surface area contributed by atoms with Crippen molar-refractivity contribution in [2.24, 2.45) is 0 Å². The van der Waals surface area contributed by atoms with Gasteiger partial charge in [-0.2, -0.15) is 0 Å². The number of anilines is 1. The molecule has 3 heteroatoms. The minimum absolute atomic E-state index is 0.236. The maximum Gasteiger partial charge on any atom is 0.164 e. The zero-order valence-electron chi connectivity index (χ0n) is 8.17. The molecule has 2 rings (SSSR count). The van der Waals surface area contributed by atoms with Crippen molar-refractivity contribution in [3.05, 3.63) is 23.3 Å². The molecule has 0 aliphatic carbocycles. The van der Waals surface area contributed by atoms with Gasteiger partial charge in [0.15, 0.2) is 5.78 Å². The molecule has 0 fully saturated rings. The molecule has 1 aliphatic heterocycles. The van der Waals surface area contributed by atoms with Gasteiger partial charge in [0, 0.05) is 22.6 Å². The van der Waals surface area contributed by atoms with Gasteiger partial charge in [0.05, 0.1) is 0 Å². The first-order chi connectivity index (χ1) is 6.68. The topological polar surface area (TPSA) is 43.1 Å². The van der Waals surface area contributed by atoms with Gasteiger partial charge in [-0.15, -0.1) is 11.8 Å². The number of fused-ring (bicyclic) bond motifs is 1. The van der Waals surface area contributed by atoms with Crippen LogP contribution in [0.5, 0.6) is 0 Å². The van der Waals surface area contributed by atoms with Crippen molar-refractivity contribution in [1.29, 1.82) is 0 Å². The minimum atomic E-state index is 0.236. The summed E-state index contributed by atoms with van der Waals surface area (Å²) in [6, 6.07) is 3.74. The molecule has 0 spiro atoms. The second kappa shape index (κ2) is 3.65. The van der Waals surface area contributed by atoms with Crippen LogP contribution in [-0.4, -0.2) is 11.5 Å². The molecule has 0 amide bonds. The number of carbonyl (C=O) groups excluding carboxylic acids is 1. The lowest BCUT2D eigenvalue weighted by molar-refractivity contribution is 0.0980. The van der Waals surface area contributed by atoms with Crippen molar-refractivity contribution in [2.75, 3.05) is 11.5 Å². The summed E-state index contributed by atoms with van der Waals surface area (Å²) in [5, 5.41) is 0. The van der Waals surface area contributed by atoms with Gasteiger partial charge >= 0.3 is 0 Å². The van der Waals surface area contributed by atoms with E-state index in [4.69, 9.17) is 5.73 Å². The van der Waals surface area contributed by atoms with Gasteiger partial charge in [-0.1, -0.05) is 0 Å². The van der Waals surface area contributed by atoms with Crippen LogP contribution in [0.15, 0.2) is 17.0 Å². The summed E-state index contributed by atoms with van der Waals surface area (Å²) in [6.07, 6.45) is 1.63. The Morgan fingerprint density at radius 3 is 3.00 bits per heavy atom. The number of thioether (sulfide) groups is 1. The predicted molar refractivity (Wildman–Crippen MR) is 59.9 cm³/mol. The number of nitrogen functional groups attached to an aromatic ring is 1. The molecule has 74 valence electrons. The lowest BCUT2D eigenvalue weighted by Gasteiger charge is -2.08. The number of hydrogen-bond donors (Lipinski definition) is 1. The number of nitrogens with two attached hydrogens (primary N) is 1. The smallest absolute Gasteiger partial charge is 0.164 e. The van der Waals surface area contributed by atoms with E-state index >= 15 is 0 Å². The van der Waals surface area contributed by atoms with Gasteiger partial charge in [0.1, 0.15) is 0 Å². The zero-order valence-corrected chi connectivity index (χ0v) is 8.99. The van der Waals surface area contributed by atoms with E-state index in [0.29, 0.717) is 12.1 Å². The fraction of sp³-hybridized carbons (Fsp3) is 0.364. The van der Waals surface area contributed by atoms with Crippen LogP contribution < -0.4 is 5.73 Å². The van der Waals surface area contributed by atoms with Crippen LogP contribution in [0.4, 0.5) is 5.69 Å². The molecular weight excluding hydrogens is 194 g/mol. The Morgan fingerprint density at radius 1 is 1.43 bits per heavy atom. The molecule has 0 saturated heterocycles. The van der Waals surface area contributed by atoms with Crippen LogP contribution in [0.25, 0.3) is 0 Å². The highest BCUT2D eigenvalue weighted by Gasteiger charge is 2.17. The van der Waals surface area contributed by atoms with Gasteiger partial charge in [-0.25, -0.2) is 0 Å². The average Bonchev–Trinajstić information content (AvgIpc) is 2.29. The molecule has 1 aromatic rings. The fourth-order valence-corrected chi connectivity index (χ4v) is 2.85. The largest absolute Gasteiger partial charge is 0.399 e. The number of rotatable bonds is 0. The third-order valence-electron chi connectivity index (χ3n) is 2.39. The van der Waals surface area contributed by atoms with Crippen LogP contribution in [-0.2, 0) is 0 Å². The first-order valence-electron chi connectivity index (χ1n) is 4.74. The molecule has 2 nitrogen and oxygen atoms in total. The fourth-order valence-electron chi connectivity index (χ4n) is 1.74. The van der Waals surface area contributed by atoms with E-state index < -0.39 is 0 Å². The first-order valence-corrected chi connectivity index (χ1v) is 5.73. The lowest BCUT2D eigenvalue weighted by atomic mass is 10.0. The second-order valence-corrected chi connectivity index (χ2v) is 4.69. The quantitative estimate of drug-likeness (QED) is 0.665. The van der Waals surface area contributed by atoms with Crippen LogP contribution in [0.2, 0.25) is 0 Å². The highest BCUT2D eigenvalue weighted by Crippen LogP contribution is 2.33. The number of hydrogen-bond acceptors (Lipinski definition) is 3. The summed E-state index contributed by atoms with van der Waals surface area (Å²) in [7, 11) is 0. The highest BCUT2D eigenvalue weighted by molar-refractivity contribution is 7.99. The third kappa shape index (κ3) is 1.64. The molecule has 1 aromatic carbocycles. The molecular formula is C11H13NOS. The Hall–Kier alpha value is -0.960. The third-order valence-corrected chi connectivity index (χ3v) is 3.72. The lowest BCUT2D eigenvalue weighted by Crippen LogP contribution is -2.01. The Balaban J connectivity index is 2.58. The molecule has 2 N–H and O–H groups in total. The van der Waals surface area contributed by atoms with Crippen molar-refractivity contribution in [2.45, 2.75) is 24.7 Å². The van der Waals surface area contributed by atoms with Gasteiger partial charge in [0.2, 0.25) is 0 Å². The van der Waals surface area contributed by atoms with Gasteiger partial charge < -0.3 is 5.73 Å². The monoisotopic (exact) mass is 207 g/mol. The maximum atomic E-state index is 11.7. The summed E-state index contributed by atoms with van der Waals surface area (Å²) in [5.41, 5.74) is 8.38. The van der Waals surface area contributed by atoms with Crippen molar-refractivity contribution < 1.29 is 4.79 Å². The Kier molecular flexibility index (Phi) is 2.50. The summed E-state index contributed by atoms with van der Waals surface area (Å²) >= 11 is 1.77. The summed E-state index contributed by atoms with van der Waals surface area (Å²) in [4.78, 5) is 12.9. The van der Waals surface area contributed by atoms with Gasteiger partial charge in [-0.3, -0.25) is 4.79 Å². The molecule has 0 atom stereocenters. The number of aryl methyl sites for hydroxylation is 1. The standard InChI is InChI=1S/C11H13NOS/c1-7-5-8(12)6-9-10(13)3-2-4-14-11(7)9/h5-6H,2-4,12H2,1H3. The number of ketones is 1. The Morgan fingerprint density at radius 2 is 2.21 bits per heavy atom. The average molecular weight is 207 g/mol. The van der Waals surface area contributed by atoms with Crippen LogP contribution in [0, 0.1) is 6.92 Å². The van der Waals surface area contributed by atoms with E-state index in [2.05, 4.69) is 0 Å². The van der Waals surface area contributed by atoms with Crippen LogP contribution >= 0.6 is 11.8 Å². The second-order valence-electron chi connectivity index (χ2n) is 3.59. The van der Waals surface area contributed by atoms with Crippen molar-refractivity contribution in [1.82, 2.24) is 0 Å². The van der Waals surface area contributed by atoms with Gasteiger partial charge in [0.25, 0.3) is 0 Å². The molecule has 0 aromatic heterocycles. The molecule has 14 heavy (non-hydrogen) atoms. The summed E-state index contributed by atoms with van der Waals surface area (Å²) < 4.78 is 0. The van der Waals surface area contributed by atoms with E-state index in [-0.39, 0.29) is 5.78 Å². The van der Waals surface area contributed by atoms with Crippen molar-refractivity contribution in [3.8, 4) is 0 Å². The molecule has 1 heterocycles. The van der Waals surface area contributed by atoms with E-state index in [0.717, 1.165) is 28.2 Å². The van der Waals surface area contributed by atoms with Crippen LogP contribution in [0.1, 0.15) is 28.8 Å². The van der Waals surface area contributed by atoms with E-state index in [1.54, 1.807) is 11.8 Å². The molecule has 0 unspecified atom stereocenters. The first kappa shape index (κ1) is 9.59. The van der Waals surface area contributed by atoms with E-state index in [9.17, 15) is 4.79 Å². The Labute approximate surface area is 87.9 Å². The zero-order chi connectivity index (χ0) is 10.1. The predicted octanol–water partition coefficient (Wildman–Crippen LogP) is 2.65. The SMILES string of the molecule is Cc1cc(N)cc2c1SCCCC2=O. The molecule has 0 bridgehead atoms. The van der Waals surface area contributed by atoms with E-state index in [1.165, 1.54) is 0 Å². The normalized spacial score (nSPS) is 16.2. The summed E-state index contributed by atoms with van der Waals surface area (Å²) in [6.45, 7) is 2.01. The van der Waals surface area contributed by atoms with Crippen molar-refractivity contribution in [3.63, 3.8) is 0 Å².